The fourth-order valence-electron chi connectivity index (χ4n) is 4.37. The molecule has 3 aromatic rings. The van der Waals surface area contributed by atoms with Gasteiger partial charge in [0.15, 0.2) is 12.4 Å². The summed E-state index contributed by atoms with van der Waals surface area (Å²) >= 11 is 0. The van der Waals surface area contributed by atoms with Crippen LogP contribution >= 0.6 is 0 Å². The van der Waals surface area contributed by atoms with Crippen molar-refractivity contribution < 1.29 is 45.5 Å². The van der Waals surface area contributed by atoms with Gasteiger partial charge in [0.1, 0.15) is 5.75 Å². The summed E-state index contributed by atoms with van der Waals surface area (Å²) in [5, 5.41) is 2.71. The Bertz CT molecular complexity index is 1570. The average molecular weight is 603 g/mol. The number of nitrogens with two attached hydrogens (primary N) is 1. The third-order valence-corrected chi connectivity index (χ3v) is 6.51. The van der Waals surface area contributed by atoms with Crippen LogP contribution in [-0.4, -0.2) is 24.2 Å². The second kappa shape index (κ2) is 12.6. The van der Waals surface area contributed by atoms with Crippen LogP contribution < -0.4 is 15.8 Å². The van der Waals surface area contributed by atoms with E-state index in [0.717, 1.165) is 17.2 Å². The molecule has 6 nitrogen and oxygen atoms in total. The summed E-state index contributed by atoms with van der Waals surface area (Å²) in [7, 11) is 0. The number of amides is 2. The lowest BCUT2D eigenvalue weighted by Gasteiger charge is -2.19. The first kappa shape index (κ1) is 31.1. The molecular weight excluding hydrogens is 578 g/mol. The maximum atomic E-state index is 13.2. The average Bonchev–Trinajstić information content (AvgIpc) is 2.94. The van der Waals surface area contributed by atoms with E-state index in [1.807, 2.05) is 0 Å². The summed E-state index contributed by atoms with van der Waals surface area (Å²) in [5.41, 5.74) is 4.22. The van der Waals surface area contributed by atoms with Crippen molar-refractivity contribution in [1.29, 1.82) is 0 Å². The highest BCUT2D eigenvalue weighted by molar-refractivity contribution is 6.13. The number of rotatable bonds is 8. The van der Waals surface area contributed by atoms with Gasteiger partial charge < -0.3 is 15.8 Å². The second-order valence-corrected chi connectivity index (χ2v) is 9.70. The number of Topliss-reactive ketones (excluding diaryl/α,β-unsaturated/α-hetero) is 1. The number of hydrogen-bond donors (Lipinski definition) is 2. The Labute approximate surface area is 241 Å². The molecule has 0 heterocycles. The van der Waals surface area contributed by atoms with Crippen LogP contribution in [0.3, 0.4) is 0 Å². The van der Waals surface area contributed by atoms with Crippen molar-refractivity contribution in [2.75, 3.05) is 6.61 Å². The lowest BCUT2D eigenvalue weighted by Crippen LogP contribution is -2.28. The van der Waals surface area contributed by atoms with Gasteiger partial charge in [-0.2, -0.15) is 26.3 Å². The Morgan fingerprint density at radius 3 is 2.12 bits per heavy atom. The number of benzene rings is 3. The first-order valence-corrected chi connectivity index (χ1v) is 12.8. The summed E-state index contributed by atoms with van der Waals surface area (Å²) in [6, 6.07) is 12.7. The molecule has 3 N–H and O–H groups in total. The van der Waals surface area contributed by atoms with Crippen molar-refractivity contribution in [3.8, 4) is 5.75 Å². The minimum Gasteiger partial charge on any atom is -0.484 e. The first-order chi connectivity index (χ1) is 20.2. The summed E-state index contributed by atoms with van der Waals surface area (Å²) in [6.45, 7) is -0.0828. The van der Waals surface area contributed by atoms with Crippen LogP contribution in [0, 0.1) is 0 Å². The number of ether oxygens (including phenoxy) is 1. The van der Waals surface area contributed by atoms with Crippen LogP contribution in [0.15, 0.2) is 72.3 Å². The Balaban J connectivity index is 1.38. The number of ketones is 1. The van der Waals surface area contributed by atoms with Crippen LogP contribution in [0.25, 0.3) is 12.2 Å². The van der Waals surface area contributed by atoms with E-state index in [9.17, 15) is 40.7 Å². The maximum Gasteiger partial charge on any atom is 0.416 e. The predicted molar refractivity (Wildman–Crippen MR) is 146 cm³/mol. The summed E-state index contributed by atoms with van der Waals surface area (Å²) in [4.78, 5) is 36.1. The van der Waals surface area contributed by atoms with Crippen molar-refractivity contribution in [2.45, 2.75) is 31.7 Å². The van der Waals surface area contributed by atoms with E-state index in [4.69, 9.17) is 10.5 Å². The number of halogens is 6. The van der Waals surface area contributed by atoms with Gasteiger partial charge in [-0.1, -0.05) is 24.3 Å². The number of fused-ring (bicyclic) bond motifs is 1. The number of allylic oxidation sites excluding steroid dienone is 1. The molecule has 0 aliphatic heterocycles. The number of hydrogen-bond acceptors (Lipinski definition) is 4. The molecule has 4 rings (SSSR count). The van der Waals surface area contributed by atoms with Crippen molar-refractivity contribution in [3.63, 3.8) is 0 Å². The Hall–Kier alpha value is -4.87. The van der Waals surface area contributed by atoms with Gasteiger partial charge in [-0.3, -0.25) is 14.4 Å². The number of carbonyl (C=O) groups excluding carboxylic acids is 3. The van der Waals surface area contributed by atoms with Crippen molar-refractivity contribution >= 4 is 29.7 Å². The molecule has 0 bridgehead atoms. The van der Waals surface area contributed by atoms with E-state index in [0.29, 0.717) is 23.4 Å². The molecular formula is C31H24F6N2O4. The third kappa shape index (κ3) is 8.34. The lowest BCUT2D eigenvalue weighted by atomic mass is 9.85. The Morgan fingerprint density at radius 1 is 0.860 bits per heavy atom. The minimum absolute atomic E-state index is 0.0344. The van der Waals surface area contributed by atoms with Gasteiger partial charge in [-0.15, -0.1) is 0 Å². The van der Waals surface area contributed by atoms with Gasteiger partial charge >= 0.3 is 12.4 Å². The third-order valence-electron chi connectivity index (χ3n) is 6.51. The standard InChI is InChI=1S/C31H24F6N2O4/c32-30(33,34)23-12-20(13-24(15-23)31(35,36)37)11-22-7-6-21-14-25(8-9-26(21)29(22)42)43-17-28(41)39-16-19-3-1-18(2-4-19)5-10-27(38)40/h1-5,8-15H,6-7,16-17H2,(H2,38,40)(H,39,41)/b10-5+,22-11+. The van der Waals surface area contributed by atoms with Gasteiger partial charge in [-0.25, -0.2) is 0 Å². The Kier molecular flexibility index (Phi) is 9.07. The minimum atomic E-state index is -5.00. The molecule has 0 saturated heterocycles. The van der Waals surface area contributed by atoms with E-state index in [1.165, 1.54) is 18.2 Å². The molecule has 43 heavy (non-hydrogen) atoms. The van der Waals surface area contributed by atoms with Crippen LogP contribution in [0.1, 0.15) is 50.2 Å². The molecule has 1 aliphatic carbocycles. The maximum absolute atomic E-state index is 13.2. The molecule has 0 atom stereocenters. The lowest BCUT2D eigenvalue weighted by molar-refractivity contribution is -0.143. The van der Waals surface area contributed by atoms with Crippen LogP contribution in [0.2, 0.25) is 0 Å². The van der Waals surface area contributed by atoms with Gasteiger partial charge in [0.05, 0.1) is 11.1 Å². The molecule has 0 radical (unpaired) electrons. The van der Waals surface area contributed by atoms with Gasteiger partial charge in [-0.05, 0) is 83.6 Å². The van der Waals surface area contributed by atoms with Gasteiger partial charge in [0.2, 0.25) is 5.91 Å². The molecule has 224 valence electrons. The molecule has 0 unspecified atom stereocenters. The normalized spacial score (nSPS) is 14.6. The van der Waals surface area contributed by atoms with Crippen LogP contribution in [0.5, 0.6) is 5.75 Å². The molecule has 12 heteroatoms. The quantitative estimate of drug-likeness (QED) is 0.240. The molecule has 0 spiro atoms. The van der Waals surface area contributed by atoms with E-state index in [-0.39, 0.29) is 48.8 Å². The van der Waals surface area contributed by atoms with E-state index < -0.39 is 41.1 Å². The molecule has 1 aliphatic rings. The summed E-state index contributed by atoms with van der Waals surface area (Å²) in [6.07, 6.45) is -5.78. The van der Waals surface area contributed by atoms with E-state index in [2.05, 4.69) is 5.32 Å². The number of carbonyl (C=O) groups is 3. The monoisotopic (exact) mass is 602 g/mol. The first-order valence-electron chi connectivity index (χ1n) is 12.8. The SMILES string of the molecule is NC(=O)/C=C/c1ccc(CNC(=O)COc2ccc3c(c2)CC/C(=C\c2cc(C(F)(F)F)cc(C(F)(F)F)c2)C3=O)cc1. The van der Waals surface area contributed by atoms with Gasteiger partial charge in [0, 0.05) is 23.8 Å². The highest BCUT2D eigenvalue weighted by atomic mass is 19.4. The number of primary amides is 1. The van der Waals surface area contributed by atoms with Crippen molar-refractivity contribution in [3.05, 3.63) is 111 Å². The number of alkyl halides is 6. The fourth-order valence-corrected chi connectivity index (χ4v) is 4.37. The predicted octanol–water partition coefficient (Wildman–Crippen LogP) is 6.13. The van der Waals surface area contributed by atoms with E-state index in [1.54, 1.807) is 36.4 Å². The summed E-state index contributed by atoms with van der Waals surface area (Å²) in [5.74, 6) is -1.18. The topological polar surface area (TPSA) is 98.5 Å². The van der Waals surface area contributed by atoms with E-state index >= 15 is 0 Å². The molecule has 0 fully saturated rings. The van der Waals surface area contributed by atoms with Crippen molar-refractivity contribution in [1.82, 2.24) is 5.32 Å². The van der Waals surface area contributed by atoms with Crippen LogP contribution in [0.4, 0.5) is 26.3 Å². The highest BCUT2D eigenvalue weighted by Gasteiger charge is 2.37. The molecule has 3 aromatic carbocycles. The molecule has 0 saturated carbocycles. The second-order valence-electron chi connectivity index (χ2n) is 9.70. The highest BCUT2D eigenvalue weighted by Crippen LogP contribution is 2.37. The molecule has 2 amide bonds. The summed E-state index contributed by atoms with van der Waals surface area (Å²) < 4.78 is 84.8. The largest absolute Gasteiger partial charge is 0.484 e. The number of aryl methyl sites for hydroxylation is 1. The Morgan fingerprint density at radius 2 is 1.51 bits per heavy atom. The van der Waals surface area contributed by atoms with Crippen molar-refractivity contribution in [2.24, 2.45) is 5.73 Å². The zero-order valence-electron chi connectivity index (χ0n) is 22.3. The number of nitrogens with one attached hydrogen (secondary N) is 1. The smallest absolute Gasteiger partial charge is 0.416 e. The zero-order chi connectivity index (χ0) is 31.4. The zero-order valence-corrected chi connectivity index (χ0v) is 22.3. The van der Waals surface area contributed by atoms with Gasteiger partial charge in [0.25, 0.3) is 5.91 Å². The molecule has 0 aromatic heterocycles. The van der Waals surface area contributed by atoms with Crippen LogP contribution in [-0.2, 0) is 34.9 Å². The fraction of sp³-hybridized carbons (Fsp3) is 0.194.